The van der Waals surface area contributed by atoms with E-state index in [-0.39, 0.29) is 12.4 Å². The van der Waals surface area contributed by atoms with Crippen molar-refractivity contribution in [3.8, 4) is 0 Å². The summed E-state index contributed by atoms with van der Waals surface area (Å²) >= 11 is 1.68. The molecule has 0 bridgehead atoms. The first-order valence-electron chi connectivity index (χ1n) is 5.54. The average molecular weight is 236 g/mol. The lowest BCUT2D eigenvalue weighted by molar-refractivity contribution is 0.0740. The van der Waals surface area contributed by atoms with Gasteiger partial charge in [0.25, 0.3) is 0 Å². The van der Waals surface area contributed by atoms with Gasteiger partial charge in [0.05, 0.1) is 6.61 Å². The Balaban J connectivity index is 1.81. The van der Waals surface area contributed by atoms with Gasteiger partial charge in [0.2, 0.25) is 0 Å². The summed E-state index contributed by atoms with van der Waals surface area (Å²) in [5.74, 6) is 0.792. The molecule has 16 heavy (non-hydrogen) atoms. The van der Waals surface area contributed by atoms with Gasteiger partial charge in [0.15, 0.2) is 5.78 Å². The molecule has 0 aromatic heterocycles. The van der Waals surface area contributed by atoms with Gasteiger partial charge in [-0.25, -0.2) is 0 Å². The van der Waals surface area contributed by atoms with Crippen LogP contribution in [0.4, 0.5) is 0 Å². The van der Waals surface area contributed by atoms with Crippen molar-refractivity contribution in [1.82, 2.24) is 0 Å². The normalized spacial score (nSPS) is 15.1. The van der Waals surface area contributed by atoms with E-state index >= 15 is 0 Å². The number of Topliss-reactive ketones (excluding diaryl/α,β-unsaturated/α-hetero) is 1. The van der Waals surface area contributed by atoms with Crippen molar-refractivity contribution in [3.05, 3.63) is 29.8 Å². The van der Waals surface area contributed by atoms with Crippen LogP contribution in [0.1, 0.15) is 23.2 Å². The molecule has 86 valence electrons. The van der Waals surface area contributed by atoms with Gasteiger partial charge in [0.1, 0.15) is 6.61 Å². The van der Waals surface area contributed by atoms with Crippen LogP contribution in [0, 0.1) is 5.92 Å². The molecular weight excluding hydrogens is 220 g/mol. The van der Waals surface area contributed by atoms with Gasteiger partial charge in [0, 0.05) is 10.5 Å². The summed E-state index contributed by atoms with van der Waals surface area (Å²) in [6, 6.07) is 7.68. The predicted molar refractivity (Wildman–Crippen MR) is 66.1 cm³/mol. The predicted octanol–water partition coefficient (Wildman–Crippen LogP) is 3.02. The number of benzene rings is 1. The SMILES string of the molecule is CSc1ccc(C(=O)COCC2CC2)cc1. The zero-order valence-electron chi connectivity index (χ0n) is 9.44. The number of hydrogen-bond acceptors (Lipinski definition) is 3. The Morgan fingerprint density at radius 1 is 1.38 bits per heavy atom. The third-order valence-electron chi connectivity index (χ3n) is 2.70. The van der Waals surface area contributed by atoms with Gasteiger partial charge >= 0.3 is 0 Å². The van der Waals surface area contributed by atoms with E-state index in [2.05, 4.69) is 0 Å². The first kappa shape index (κ1) is 11.7. The van der Waals surface area contributed by atoms with Crippen LogP contribution >= 0.6 is 11.8 Å². The van der Waals surface area contributed by atoms with E-state index in [0.29, 0.717) is 5.92 Å². The average Bonchev–Trinajstić information content (AvgIpc) is 3.13. The summed E-state index contributed by atoms with van der Waals surface area (Å²) in [6.45, 7) is 0.962. The van der Waals surface area contributed by atoms with Crippen LogP contribution < -0.4 is 0 Å². The highest BCUT2D eigenvalue weighted by molar-refractivity contribution is 7.98. The fourth-order valence-electron chi connectivity index (χ4n) is 1.46. The van der Waals surface area contributed by atoms with Crippen LogP contribution in [0.3, 0.4) is 0 Å². The van der Waals surface area contributed by atoms with E-state index in [4.69, 9.17) is 4.74 Å². The minimum absolute atomic E-state index is 0.0771. The Morgan fingerprint density at radius 2 is 2.06 bits per heavy atom. The number of ether oxygens (including phenoxy) is 1. The lowest BCUT2D eigenvalue weighted by atomic mass is 10.1. The number of ketones is 1. The van der Waals surface area contributed by atoms with Gasteiger partial charge in [-0.3, -0.25) is 4.79 Å². The zero-order chi connectivity index (χ0) is 11.4. The highest BCUT2D eigenvalue weighted by Gasteiger charge is 2.21. The van der Waals surface area contributed by atoms with Gasteiger partial charge in [-0.1, -0.05) is 12.1 Å². The van der Waals surface area contributed by atoms with Crippen LogP contribution in [0.5, 0.6) is 0 Å². The summed E-state index contributed by atoms with van der Waals surface area (Å²) in [5.41, 5.74) is 0.744. The van der Waals surface area contributed by atoms with E-state index in [1.807, 2.05) is 30.5 Å². The fourth-order valence-corrected chi connectivity index (χ4v) is 1.87. The molecule has 1 aromatic rings. The maximum Gasteiger partial charge on any atom is 0.188 e. The molecule has 0 spiro atoms. The molecule has 0 saturated heterocycles. The second-order valence-corrected chi connectivity index (χ2v) is 4.99. The quantitative estimate of drug-likeness (QED) is 0.561. The molecule has 2 rings (SSSR count). The number of rotatable bonds is 6. The summed E-state index contributed by atoms with van der Waals surface area (Å²) in [6.07, 6.45) is 4.54. The minimum Gasteiger partial charge on any atom is -0.373 e. The Labute approximate surface area is 100 Å². The largest absolute Gasteiger partial charge is 0.373 e. The van der Waals surface area contributed by atoms with Crippen molar-refractivity contribution < 1.29 is 9.53 Å². The molecular formula is C13H16O2S. The van der Waals surface area contributed by atoms with Gasteiger partial charge < -0.3 is 4.74 Å². The number of hydrogen-bond donors (Lipinski definition) is 0. The number of carbonyl (C=O) groups excluding carboxylic acids is 1. The Morgan fingerprint density at radius 3 is 2.62 bits per heavy atom. The highest BCUT2D eigenvalue weighted by Crippen LogP contribution is 2.28. The topological polar surface area (TPSA) is 26.3 Å². The Hall–Kier alpha value is -0.800. The summed E-state index contributed by atoms with van der Waals surface area (Å²) in [4.78, 5) is 12.9. The molecule has 1 aromatic carbocycles. The summed E-state index contributed by atoms with van der Waals surface area (Å²) < 4.78 is 5.38. The Kier molecular flexibility index (Phi) is 4.02. The monoisotopic (exact) mass is 236 g/mol. The van der Waals surface area contributed by atoms with Crippen molar-refractivity contribution in [2.75, 3.05) is 19.5 Å². The third-order valence-corrected chi connectivity index (χ3v) is 3.44. The van der Waals surface area contributed by atoms with Crippen molar-refractivity contribution in [2.24, 2.45) is 5.92 Å². The number of thioether (sulfide) groups is 1. The second-order valence-electron chi connectivity index (χ2n) is 4.11. The minimum atomic E-state index is 0.0771. The molecule has 2 nitrogen and oxygen atoms in total. The van der Waals surface area contributed by atoms with E-state index in [1.165, 1.54) is 17.7 Å². The summed E-state index contributed by atoms with van der Waals surface area (Å²) in [7, 11) is 0. The zero-order valence-corrected chi connectivity index (χ0v) is 10.3. The first-order chi connectivity index (χ1) is 7.79. The van der Waals surface area contributed by atoms with Gasteiger partial charge in [-0.2, -0.15) is 0 Å². The fraction of sp³-hybridized carbons (Fsp3) is 0.462. The summed E-state index contributed by atoms with van der Waals surface area (Å²) in [5, 5.41) is 0. The maximum absolute atomic E-state index is 11.7. The maximum atomic E-state index is 11.7. The molecule has 3 heteroatoms. The Bertz CT molecular complexity index is 355. The van der Waals surface area contributed by atoms with E-state index in [0.717, 1.165) is 12.2 Å². The molecule has 0 N–H and O–H groups in total. The standard InChI is InChI=1S/C13H16O2S/c1-16-12-6-4-11(5-7-12)13(14)9-15-8-10-2-3-10/h4-7,10H,2-3,8-9H2,1H3. The van der Waals surface area contributed by atoms with Gasteiger partial charge in [-0.15, -0.1) is 11.8 Å². The molecule has 0 aliphatic heterocycles. The van der Waals surface area contributed by atoms with Crippen molar-refractivity contribution in [2.45, 2.75) is 17.7 Å². The van der Waals surface area contributed by atoms with Crippen LogP contribution in [-0.2, 0) is 4.74 Å². The lowest BCUT2D eigenvalue weighted by Gasteiger charge is -2.03. The van der Waals surface area contributed by atoms with Crippen molar-refractivity contribution >= 4 is 17.5 Å². The third kappa shape index (κ3) is 3.35. The molecule has 0 amide bonds. The van der Waals surface area contributed by atoms with E-state index in [9.17, 15) is 4.79 Å². The molecule has 1 saturated carbocycles. The van der Waals surface area contributed by atoms with Crippen LogP contribution in [0.2, 0.25) is 0 Å². The molecule has 0 atom stereocenters. The molecule has 0 heterocycles. The van der Waals surface area contributed by atoms with E-state index < -0.39 is 0 Å². The molecule has 1 fully saturated rings. The van der Waals surface area contributed by atoms with Crippen LogP contribution in [0.15, 0.2) is 29.2 Å². The highest BCUT2D eigenvalue weighted by atomic mass is 32.2. The van der Waals surface area contributed by atoms with E-state index in [1.54, 1.807) is 11.8 Å². The van der Waals surface area contributed by atoms with Gasteiger partial charge in [-0.05, 0) is 37.1 Å². The van der Waals surface area contributed by atoms with Crippen molar-refractivity contribution in [3.63, 3.8) is 0 Å². The first-order valence-corrected chi connectivity index (χ1v) is 6.77. The molecule has 1 aliphatic carbocycles. The smallest absolute Gasteiger partial charge is 0.188 e. The molecule has 0 radical (unpaired) electrons. The van der Waals surface area contributed by atoms with Crippen LogP contribution in [-0.4, -0.2) is 25.3 Å². The molecule has 0 unspecified atom stereocenters. The lowest BCUT2D eigenvalue weighted by Crippen LogP contribution is -2.10. The molecule has 1 aliphatic rings. The second kappa shape index (κ2) is 5.51. The van der Waals surface area contributed by atoms with Crippen LogP contribution in [0.25, 0.3) is 0 Å². The number of carbonyl (C=O) groups is 1. The van der Waals surface area contributed by atoms with Crippen molar-refractivity contribution in [1.29, 1.82) is 0 Å².